The summed E-state index contributed by atoms with van der Waals surface area (Å²) in [5, 5.41) is 2.39. The molecule has 0 heterocycles. The normalized spacial score (nSPS) is 25.5. The fourth-order valence-corrected chi connectivity index (χ4v) is 2.25. The van der Waals surface area contributed by atoms with Crippen molar-refractivity contribution in [1.82, 2.24) is 0 Å². The second kappa shape index (κ2) is 3.82. The van der Waals surface area contributed by atoms with E-state index in [0.29, 0.717) is 6.42 Å². The van der Waals surface area contributed by atoms with Crippen LogP contribution in [0.5, 0.6) is 0 Å². The van der Waals surface area contributed by atoms with E-state index in [1.54, 1.807) is 6.92 Å². The Labute approximate surface area is 107 Å². The molecule has 0 spiro atoms. The molecule has 0 aliphatic heterocycles. The Morgan fingerprint density at radius 3 is 2.18 bits per heavy atom. The fraction of sp³-hybridized carbons (Fsp3) is 0.364. The van der Waals surface area contributed by atoms with Gasteiger partial charge in [-0.15, -0.1) is 23.2 Å². The second-order valence-corrected chi connectivity index (χ2v) is 5.81. The third-order valence-corrected chi connectivity index (χ3v) is 3.98. The van der Waals surface area contributed by atoms with E-state index in [4.69, 9.17) is 23.2 Å². The molecule has 1 aromatic rings. The number of hydrogen-bond donors (Lipinski definition) is 1. The molecule has 0 bridgehead atoms. The molecule has 2 rings (SSSR count). The summed E-state index contributed by atoms with van der Waals surface area (Å²) < 4.78 is 24.7. The molecule has 6 heteroatoms. The molecule has 2 nitrogen and oxygen atoms in total. The fourth-order valence-electron chi connectivity index (χ4n) is 1.54. The SMILES string of the molecule is CC1(C(=O)Nc2cc(F)cc(F)c2)CC1(Cl)Cl. The first-order valence-electron chi connectivity index (χ1n) is 4.90. The summed E-state index contributed by atoms with van der Waals surface area (Å²) in [6, 6.07) is 2.77. The van der Waals surface area contributed by atoms with E-state index in [1.807, 2.05) is 0 Å². The van der Waals surface area contributed by atoms with Gasteiger partial charge in [-0.2, -0.15) is 0 Å². The van der Waals surface area contributed by atoms with Crippen LogP contribution >= 0.6 is 23.2 Å². The van der Waals surface area contributed by atoms with Crippen molar-refractivity contribution in [1.29, 1.82) is 0 Å². The Morgan fingerprint density at radius 1 is 1.29 bits per heavy atom. The molecule has 1 atom stereocenters. The van der Waals surface area contributed by atoms with Crippen molar-refractivity contribution in [3.63, 3.8) is 0 Å². The van der Waals surface area contributed by atoms with Gasteiger partial charge in [0.2, 0.25) is 5.91 Å². The Bertz CT molecular complexity index is 472. The monoisotopic (exact) mass is 279 g/mol. The summed E-state index contributed by atoms with van der Waals surface area (Å²) in [6.45, 7) is 1.60. The van der Waals surface area contributed by atoms with Gasteiger partial charge in [-0.05, 0) is 25.5 Å². The van der Waals surface area contributed by atoms with Gasteiger partial charge < -0.3 is 5.32 Å². The average Bonchev–Trinajstić information content (AvgIpc) is 2.65. The number of carbonyl (C=O) groups excluding carboxylic acids is 1. The summed E-state index contributed by atoms with van der Waals surface area (Å²) in [7, 11) is 0. The molecule has 92 valence electrons. The zero-order valence-corrected chi connectivity index (χ0v) is 10.4. The molecule has 1 aliphatic carbocycles. The molecule has 17 heavy (non-hydrogen) atoms. The topological polar surface area (TPSA) is 29.1 Å². The first kappa shape index (κ1) is 12.6. The Kier molecular flexibility index (Phi) is 2.83. The number of anilines is 1. The largest absolute Gasteiger partial charge is 0.325 e. The third kappa shape index (κ3) is 2.24. The molecular weight excluding hydrogens is 271 g/mol. The molecule has 1 aliphatic rings. The summed E-state index contributed by atoms with van der Waals surface area (Å²) >= 11 is 11.7. The number of halogens is 4. The van der Waals surface area contributed by atoms with Crippen LogP contribution in [0.2, 0.25) is 0 Å². The molecule has 1 aromatic carbocycles. The highest BCUT2D eigenvalue weighted by molar-refractivity contribution is 6.53. The highest BCUT2D eigenvalue weighted by Crippen LogP contribution is 2.64. The van der Waals surface area contributed by atoms with E-state index in [2.05, 4.69) is 5.32 Å². The highest BCUT2D eigenvalue weighted by atomic mass is 35.5. The minimum absolute atomic E-state index is 0.0461. The van der Waals surface area contributed by atoms with Crippen LogP contribution in [0.3, 0.4) is 0 Å². The van der Waals surface area contributed by atoms with Crippen LogP contribution in [-0.4, -0.2) is 10.2 Å². The number of amides is 1. The minimum atomic E-state index is -1.11. The lowest BCUT2D eigenvalue weighted by molar-refractivity contribution is -0.120. The Hall–Kier alpha value is -0.870. The van der Waals surface area contributed by atoms with Crippen LogP contribution in [0, 0.1) is 17.0 Å². The van der Waals surface area contributed by atoms with Crippen LogP contribution in [0.1, 0.15) is 13.3 Å². The zero-order valence-electron chi connectivity index (χ0n) is 8.86. The van der Waals surface area contributed by atoms with E-state index in [-0.39, 0.29) is 5.69 Å². The maximum Gasteiger partial charge on any atom is 0.233 e. The molecule has 0 radical (unpaired) electrons. The zero-order chi connectivity index (χ0) is 12.8. The standard InChI is InChI=1S/C11H9Cl2F2NO/c1-10(5-11(10,12)13)9(17)16-8-3-6(14)2-7(15)4-8/h2-4H,5H2,1H3,(H,16,17). The number of alkyl halides is 2. The molecule has 1 fully saturated rings. The van der Waals surface area contributed by atoms with E-state index >= 15 is 0 Å². The molecule has 0 saturated heterocycles. The van der Waals surface area contributed by atoms with Crippen LogP contribution in [-0.2, 0) is 4.79 Å². The Balaban J connectivity index is 2.15. The van der Waals surface area contributed by atoms with Gasteiger partial charge in [-0.3, -0.25) is 4.79 Å². The average molecular weight is 280 g/mol. The van der Waals surface area contributed by atoms with Crippen LogP contribution < -0.4 is 5.32 Å². The first-order valence-corrected chi connectivity index (χ1v) is 5.66. The van der Waals surface area contributed by atoms with Crippen LogP contribution in [0.15, 0.2) is 18.2 Å². The van der Waals surface area contributed by atoms with Gasteiger partial charge in [0.15, 0.2) is 0 Å². The predicted octanol–water partition coefficient (Wildman–Crippen LogP) is 3.49. The first-order chi connectivity index (χ1) is 7.74. The molecule has 1 N–H and O–H groups in total. The van der Waals surface area contributed by atoms with Gasteiger partial charge in [-0.1, -0.05) is 0 Å². The quantitative estimate of drug-likeness (QED) is 0.825. The number of carbonyl (C=O) groups is 1. The van der Waals surface area contributed by atoms with Gasteiger partial charge in [0.1, 0.15) is 16.0 Å². The van der Waals surface area contributed by atoms with Crippen molar-refractivity contribution in [3.05, 3.63) is 29.8 Å². The molecule has 1 amide bonds. The second-order valence-electron chi connectivity index (χ2n) is 4.33. The summed E-state index contributed by atoms with van der Waals surface area (Å²) in [5.41, 5.74) is -0.872. The van der Waals surface area contributed by atoms with Crippen molar-refractivity contribution < 1.29 is 13.6 Å². The molecule has 0 aromatic heterocycles. The van der Waals surface area contributed by atoms with Gasteiger partial charge in [0.25, 0.3) is 0 Å². The molecular formula is C11H9Cl2F2NO. The predicted molar refractivity (Wildman–Crippen MR) is 62.1 cm³/mol. The van der Waals surface area contributed by atoms with Gasteiger partial charge >= 0.3 is 0 Å². The van der Waals surface area contributed by atoms with Crippen molar-refractivity contribution >= 4 is 34.8 Å². The van der Waals surface area contributed by atoms with Crippen molar-refractivity contribution in [3.8, 4) is 0 Å². The summed E-state index contributed by atoms with van der Waals surface area (Å²) in [6.07, 6.45) is 0.312. The maximum atomic E-state index is 12.9. The minimum Gasteiger partial charge on any atom is -0.325 e. The Morgan fingerprint density at radius 2 is 1.76 bits per heavy atom. The van der Waals surface area contributed by atoms with Crippen molar-refractivity contribution in [2.45, 2.75) is 17.7 Å². The van der Waals surface area contributed by atoms with E-state index in [9.17, 15) is 13.6 Å². The van der Waals surface area contributed by atoms with Gasteiger partial charge in [0.05, 0.1) is 5.41 Å². The number of rotatable bonds is 2. The third-order valence-electron chi connectivity index (χ3n) is 2.88. The lowest BCUT2D eigenvalue weighted by Crippen LogP contribution is -2.26. The number of nitrogens with one attached hydrogen (secondary N) is 1. The van der Waals surface area contributed by atoms with E-state index < -0.39 is 27.3 Å². The molecule has 1 unspecified atom stereocenters. The van der Waals surface area contributed by atoms with Gasteiger partial charge in [0, 0.05) is 11.8 Å². The lowest BCUT2D eigenvalue weighted by Gasteiger charge is -2.12. The number of hydrogen-bond acceptors (Lipinski definition) is 1. The summed E-state index contributed by atoms with van der Waals surface area (Å²) in [5.74, 6) is -1.97. The van der Waals surface area contributed by atoms with Crippen LogP contribution in [0.25, 0.3) is 0 Å². The van der Waals surface area contributed by atoms with Gasteiger partial charge in [-0.25, -0.2) is 8.78 Å². The maximum absolute atomic E-state index is 12.9. The van der Waals surface area contributed by atoms with Crippen LogP contribution in [0.4, 0.5) is 14.5 Å². The lowest BCUT2D eigenvalue weighted by atomic mass is 10.1. The smallest absolute Gasteiger partial charge is 0.233 e. The van der Waals surface area contributed by atoms with E-state index in [1.165, 1.54) is 0 Å². The summed E-state index contributed by atoms with van der Waals surface area (Å²) in [4.78, 5) is 11.8. The van der Waals surface area contributed by atoms with Crippen molar-refractivity contribution in [2.75, 3.05) is 5.32 Å². The van der Waals surface area contributed by atoms with Crippen molar-refractivity contribution in [2.24, 2.45) is 5.41 Å². The molecule has 1 saturated carbocycles. The van der Waals surface area contributed by atoms with E-state index in [0.717, 1.165) is 18.2 Å². The number of benzene rings is 1. The highest BCUT2D eigenvalue weighted by Gasteiger charge is 2.67.